The van der Waals surface area contributed by atoms with E-state index in [0.717, 1.165) is 12.8 Å². The molecule has 0 spiro atoms. The number of allylic oxidation sites excluding steroid dienone is 1. The summed E-state index contributed by atoms with van der Waals surface area (Å²) in [5, 5.41) is 0. The normalized spacial score (nSPS) is 10.3. The Labute approximate surface area is 43.8 Å². The molecule has 1 radical (unpaired) electrons. The van der Waals surface area contributed by atoms with Crippen molar-refractivity contribution in [3.8, 4) is 0 Å². The Morgan fingerprint density at radius 3 is 2.50 bits per heavy atom. The van der Waals surface area contributed by atoms with Gasteiger partial charge in [0.1, 0.15) is 0 Å². The zero-order valence-electron chi connectivity index (χ0n) is 3.65. The molecule has 0 saturated carbocycles. The van der Waals surface area contributed by atoms with Crippen molar-refractivity contribution in [1.29, 1.82) is 0 Å². The van der Waals surface area contributed by atoms with Gasteiger partial charge in [-0.2, -0.15) is 0 Å². The van der Waals surface area contributed by atoms with Gasteiger partial charge in [-0.15, -0.1) is 0 Å². The van der Waals surface area contributed by atoms with Crippen molar-refractivity contribution in [2.24, 2.45) is 0 Å². The number of unbranched alkanes of at least 4 members (excludes halogenated alkanes) is 1. The SMILES string of the molecule is [CH2]CC/C=C/Cl. The van der Waals surface area contributed by atoms with Crippen molar-refractivity contribution in [3.05, 3.63) is 18.5 Å². The lowest BCUT2D eigenvalue weighted by Gasteiger charge is -1.75. The van der Waals surface area contributed by atoms with Gasteiger partial charge in [0.15, 0.2) is 0 Å². The van der Waals surface area contributed by atoms with Crippen molar-refractivity contribution in [1.82, 2.24) is 0 Å². The van der Waals surface area contributed by atoms with Gasteiger partial charge in [-0.3, -0.25) is 0 Å². The Hall–Kier alpha value is 0.0300. The van der Waals surface area contributed by atoms with Gasteiger partial charge in [0.25, 0.3) is 0 Å². The maximum Gasteiger partial charge on any atom is 0.000245 e. The van der Waals surface area contributed by atoms with E-state index in [-0.39, 0.29) is 0 Å². The number of rotatable bonds is 2. The van der Waals surface area contributed by atoms with Crippen molar-refractivity contribution in [2.45, 2.75) is 12.8 Å². The second kappa shape index (κ2) is 5.03. The lowest BCUT2D eigenvalue weighted by molar-refractivity contribution is 1.05. The summed E-state index contributed by atoms with van der Waals surface area (Å²) in [6, 6.07) is 0. The molecule has 0 fully saturated rings. The predicted octanol–water partition coefficient (Wildman–Crippen LogP) is 2.35. The highest BCUT2D eigenvalue weighted by Gasteiger charge is 1.66. The van der Waals surface area contributed by atoms with E-state index >= 15 is 0 Å². The van der Waals surface area contributed by atoms with E-state index < -0.39 is 0 Å². The van der Waals surface area contributed by atoms with E-state index in [1.54, 1.807) is 0 Å². The first-order valence-corrected chi connectivity index (χ1v) is 2.40. The molecule has 35 valence electrons. The molecule has 0 heterocycles. The third-order valence-electron chi connectivity index (χ3n) is 0.460. The summed E-state index contributed by atoms with van der Waals surface area (Å²) in [6.45, 7) is 3.61. The molecule has 0 aromatic rings. The highest BCUT2D eigenvalue weighted by molar-refractivity contribution is 6.25. The van der Waals surface area contributed by atoms with Crippen LogP contribution in [0.15, 0.2) is 11.6 Å². The Morgan fingerprint density at radius 2 is 2.33 bits per heavy atom. The highest BCUT2D eigenvalue weighted by Crippen LogP contribution is 1.88. The maximum atomic E-state index is 5.17. The summed E-state index contributed by atoms with van der Waals surface area (Å²) >= 11 is 5.17. The van der Waals surface area contributed by atoms with Crippen LogP contribution in [-0.4, -0.2) is 0 Å². The summed E-state index contributed by atoms with van der Waals surface area (Å²) in [7, 11) is 0. The van der Waals surface area contributed by atoms with Crippen LogP contribution in [-0.2, 0) is 0 Å². The van der Waals surface area contributed by atoms with Crippen LogP contribution in [0.4, 0.5) is 0 Å². The number of halogens is 1. The molecule has 0 saturated heterocycles. The van der Waals surface area contributed by atoms with Crippen LogP contribution >= 0.6 is 11.6 Å². The van der Waals surface area contributed by atoms with Crippen molar-refractivity contribution >= 4 is 11.6 Å². The molecule has 0 N–H and O–H groups in total. The molecule has 6 heavy (non-hydrogen) atoms. The van der Waals surface area contributed by atoms with E-state index in [2.05, 4.69) is 6.92 Å². The van der Waals surface area contributed by atoms with Crippen molar-refractivity contribution < 1.29 is 0 Å². The van der Waals surface area contributed by atoms with Crippen molar-refractivity contribution in [3.63, 3.8) is 0 Å². The average molecular weight is 104 g/mol. The molecule has 0 unspecified atom stereocenters. The molecule has 0 aliphatic heterocycles. The van der Waals surface area contributed by atoms with Gasteiger partial charge in [-0.25, -0.2) is 0 Å². The topological polar surface area (TPSA) is 0 Å². The van der Waals surface area contributed by atoms with Gasteiger partial charge in [0.05, 0.1) is 0 Å². The largest absolute Gasteiger partial charge is 0.0933 e. The lowest BCUT2D eigenvalue weighted by atomic mass is 10.3. The highest BCUT2D eigenvalue weighted by atomic mass is 35.5. The minimum atomic E-state index is 0.934. The standard InChI is InChI=1S/C5H8Cl/c1-2-3-4-5-6/h4-5H,1-3H2/b5-4+. The smallest absolute Gasteiger partial charge is 0.000245 e. The Kier molecular flexibility index (Phi) is 5.06. The zero-order valence-corrected chi connectivity index (χ0v) is 4.41. The predicted molar refractivity (Wildman–Crippen MR) is 29.6 cm³/mol. The van der Waals surface area contributed by atoms with Gasteiger partial charge < -0.3 is 0 Å². The van der Waals surface area contributed by atoms with Gasteiger partial charge in [-0.1, -0.05) is 24.6 Å². The molecule has 0 aromatic heterocycles. The molecule has 0 bridgehead atoms. The Balaban J connectivity index is 2.66. The summed E-state index contributed by atoms with van der Waals surface area (Å²) in [5.41, 5.74) is 1.52. The van der Waals surface area contributed by atoms with Crippen LogP contribution in [0.2, 0.25) is 0 Å². The fourth-order valence-electron chi connectivity index (χ4n) is 0.181. The van der Waals surface area contributed by atoms with Crippen LogP contribution in [0, 0.1) is 6.92 Å². The molecule has 1 heteroatoms. The van der Waals surface area contributed by atoms with Crippen LogP contribution in [0.1, 0.15) is 12.8 Å². The van der Waals surface area contributed by atoms with E-state index in [9.17, 15) is 0 Å². The molecule has 0 aliphatic rings. The zero-order chi connectivity index (χ0) is 4.83. The fourth-order valence-corrected chi connectivity index (χ4v) is 0.307. The third-order valence-corrected chi connectivity index (χ3v) is 0.638. The molecule has 0 nitrogen and oxygen atoms in total. The van der Waals surface area contributed by atoms with E-state index in [0.29, 0.717) is 0 Å². The van der Waals surface area contributed by atoms with Crippen molar-refractivity contribution in [2.75, 3.05) is 0 Å². The van der Waals surface area contributed by atoms with E-state index in [1.807, 2.05) is 6.08 Å². The second-order valence-corrected chi connectivity index (χ2v) is 1.26. The molecule has 0 amide bonds. The summed E-state index contributed by atoms with van der Waals surface area (Å²) < 4.78 is 0. The summed E-state index contributed by atoms with van der Waals surface area (Å²) in [6.07, 6.45) is 3.81. The number of hydrogen-bond acceptors (Lipinski definition) is 0. The fraction of sp³-hybridized carbons (Fsp3) is 0.400. The number of hydrogen-bond donors (Lipinski definition) is 0. The lowest BCUT2D eigenvalue weighted by Crippen LogP contribution is -1.55. The second-order valence-electron chi connectivity index (χ2n) is 1.00. The van der Waals surface area contributed by atoms with Crippen LogP contribution in [0.3, 0.4) is 0 Å². The molecule has 0 aliphatic carbocycles. The Morgan fingerprint density at radius 1 is 1.67 bits per heavy atom. The first-order valence-electron chi connectivity index (χ1n) is 1.96. The minimum absolute atomic E-state index is 0.934. The van der Waals surface area contributed by atoms with Crippen LogP contribution < -0.4 is 0 Å². The molecule has 0 aromatic carbocycles. The van der Waals surface area contributed by atoms with E-state index in [1.165, 1.54) is 5.54 Å². The summed E-state index contributed by atoms with van der Waals surface area (Å²) in [5.74, 6) is 0. The molecular formula is C5H8Cl. The van der Waals surface area contributed by atoms with Crippen LogP contribution in [0.25, 0.3) is 0 Å². The monoisotopic (exact) mass is 103 g/mol. The first-order chi connectivity index (χ1) is 2.91. The van der Waals surface area contributed by atoms with Crippen LogP contribution in [0.5, 0.6) is 0 Å². The first kappa shape index (κ1) is 6.03. The minimum Gasteiger partial charge on any atom is -0.0933 e. The quantitative estimate of drug-likeness (QED) is 0.503. The molecule has 0 atom stereocenters. The van der Waals surface area contributed by atoms with Gasteiger partial charge in [0, 0.05) is 5.54 Å². The Bertz CT molecular complexity index is 39.2. The van der Waals surface area contributed by atoms with Gasteiger partial charge in [0.2, 0.25) is 0 Å². The maximum absolute atomic E-state index is 5.17. The molecular weight excluding hydrogens is 95.5 g/mol. The third kappa shape index (κ3) is 4.03. The van der Waals surface area contributed by atoms with Gasteiger partial charge >= 0.3 is 0 Å². The van der Waals surface area contributed by atoms with E-state index in [4.69, 9.17) is 11.6 Å². The molecule has 0 rings (SSSR count). The average Bonchev–Trinajstić information content (AvgIpc) is 1.61. The summed E-state index contributed by atoms with van der Waals surface area (Å²) in [4.78, 5) is 0. The van der Waals surface area contributed by atoms with Gasteiger partial charge in [-0.05, 0) is 12.8 Å².